The second-order valence-corrected chi connectivity index (χ2v) is 10.3. The molecule has 1 aliphatic heterocycles. The lowest BCUT2D eigenvalue weighted by atomic mass is 9.78. The van der Waals surface area contributed by atoms with Gasteiger partial charge in [0.15, 0.2) is 6.10 Å². The first-order valence-corrected chi connectivity index (χ1v) is 11.9. The topological polar surface area (TPSA) is 55.4 Å². The molecule has 1 heterocycles. The number of carbonyl (C=O) groups is 2. The molecule has 1 amide bonds. The zero-order valence-corrected chi connectivity index (χ0v) is 17.9. The molecule has 1 aromatic rings. The van der Waals surface area contributed by atoms with Crippen molar-refractivity contribution >= 4 is 35.4 Å². The van der Waals surface area contributed by atoms with Gasteiger partial charge in [0.25, 0.3) is 5.91 Å². The van der Waals surface area contributed by atoms with E-state index in [0.29, 0.717) is 22.0 Å². The number of rotatable bonds is 5. The summed E-state index contributed by atoms with van der Waals surface area (Å²) in [5, 5.41) is 3.08. The van der Waals surface area contributed by atoms with Gasteiger partial charge in [-0.25, -0.2) is 4.79 Å². The summed E-state index contributed by atoms with van der Waals surface area (Å²) in [6, 6.07) is 7.74. The summed E-state index contributed by atoms with van der Waals surface area (Å²) in [6.45, 7) is 6.07. The average Bonchev–Trinajstić information content (AvgIpc) is 3.20. The molecule has 0 spiro atoms. The van der Waals surface area contributed by atoms with E-state index in [4.69, 9.17) is 4.74 Å². The van der Waals surface area contributed by atoms with Gasteiger partial charge in [-0.05, 0) is 42.9 Å². The zero-order chi connectivity index (χ0) is 19.4. The van der Waals surface area contributed by atoms with E-state index in [9.17, 15) is 9.59 Å². The van der Waals surface area contributed by atoms with Crippen molar-refractivity contribution in [2.45, 2.75) is 56.8 Å². The smallest absolute Gasteiger partial charge is 0.338 e. The highest BCUT2D eigenvalue weighted by Crippen LogP contribution is 2.45. The molecular formula is C21H29NO3S2. The number of thioether (sulfide) groups is 2. The Bertz CT molecular complexity index is 658. The van der Waals surface area contributed by atoms with Crippen LogP contribution in [-0.4, -0.2) is 35.5 Å². The van der Waals surface area contributed by atoms with Crippen molar-refractivity contribution in [1.82, 2.24) is 5.32 Å². The van der Waals surface area contributed by atoms with E-state index in [1.54, 1.807) is 19.1 Å². The molecular weight excluding hydrogens is 378 g/mol. The SMILES string of the molecule is C[C@H]1[C@@H](NC(=O)[C@@H](C)OC(=O)c2ccc(C3SCCS3)cc2)CCC[C@@H]1C. The summed E-state index contributed by atoms with van der Waals surface area (Å²) in [5.74, 6) is 2.75. The molecule has 0 unspecified atom stereocenters. The Morgan fingerprint density at radius 3 is 2.44 bits per heavy atom. The van der Waals surface area contributed by atoms with Crippen LogP contribution in [-0.2, 0) is 9.53 Å². The maximum atomic E-state index is 12.5. The van der Waals surface area contributed by atoms with Crippen molar-refractivity contribution in [3.63, 3.8) is 0 Å². The number of nitrogens with one attached hydrogen (secondary N) is 1. The van der Waals surface area contributed by atoms with Crippen LogP contribution < -0.4 is 5.32 Å². The molecule has 2 fully saturated rings. The Morgan fingerprint density at radius 1 is 1.11 bits per heavy atom. The van der Waals surface area contributed by atoms with Crippen LogP contribution in [0.4, 0.5) is 0 Å². The van der Waals surface area contributed by atoms with Crippen LogP contribution in [0.3, 0.4) is 0 Å². The van der Waals surface area contributed by atoms with Gasteiger partial charge in [0.2, 0.25) is 0 Å². The van der Waals surface area contributed by atoms with Gasteiger partial charge in [0.05, 0.1) is 10.1 Å². The largest absolute Gasteiger partial charge is 0.449 e. The summed E-state index contributed by atoms with van der Waals surface area (Å²) in [4.78, 5) is 24.9. The molecule has 27 heavy (non-hydrogen) atoms. The molecule has 4 nitrogen and oxygen atoms in total. The third-order valence-electron chi connectivity index (χ3n) is 5.73. The number of ether oxygens (including phenoxy) is 1. The van der Waals surface area contributed by atoms with E-state index < -0.39 is 12.1 Å². The fourth-order valence-corrected chi connectivity index (χ4v) is 6.55. The van der Waals surface area contributed by atoms with Gasteiger partial charge in [-0.1, -0.05) is 38.8 Å². The highest BCUT2D eigenvalue weighted by Gasteiger charge is 2.30. The van der Waals surface area contributed by atoms with Crippen LogP contribution in [0.15, 0.2) is 24.3 Å². The molecule has 148 valence electrons. The van der Waals surface area contributed by atoms with Crippen LogP contribution in [0, 0.1) is 11.8 Å². The lowest BCUT2D eigenvalue weighted by Crippen LogP contribution is -2.47. The Balaban J connectivity index is 1.52. The summed E-state index contributed by atoms with van der Waals surface area (Å²) < 4.78 is 5.86. The van der Waals surface area contributed by atoms with Gasteiger partial charge >= 0.3 is 5.97 Å². The first kappa shape index (κ1) is 20.6. The molecule has 4 atom stereocenters. The maximum Gasteiger partial charge on any atom is 0.338 e. The Hall–Kier alpha value is -1.14. The zero-order valence-electron chi connectivity index (χ0n) is 16.3. The highest BCUT2D eigenvalue weighted by atomic mass is 32.2. The van der Waals surface area contributed by atoms with Crippen LogP contribution >= 0.6 is 23.5 Å². The van der Waals surface area contributed by atoms with E-state index in [-0.39, 0.29) is 11.9 Å². The minimum Gasteiger partial charge on any atom is -0.449 e. The van der Waals surface area contributed by atoms with Gasteiger partial charge in [-0.2, -0.15) is 0 Å². The van der Waals surface area contributed by atoms with Crippen molar-refractivity contribution in [2.24, 2.45) is 11.8 Å². The summed E-state index contributed by atoms with van der Waals surface area (Å²) in [5.41, 5.74) is 1.72. The van der Waals surface area contributed by atoms with Gasteiger partial charge in [-0.15, -0.1) is 23.5 Å². The number of esters is 1. The Kier molecular flexibility index (Phi) is 7.15. The van der Waals surface area contributed by atoms with Gasteiger partial charge in [-0.3, -0.25) is 4.79 Å². The predicted molar refractivity (Wildman–Crippen MR) is 113 cm³/mol. The standard InChI is InChI=1S/C21H29NO3S2/c1-13-5-4-6-18(14(13)2)22-19(23)15(3)25-20(24)16-7-9-17(10-8-16)21-26-11-12-27-21/h7-10,13-15,18,21H,4-6,11-12H2,1-3H3,(H,22,23)/t13-,14+,15+,18-/m0/s1. The molecule has 1 saturated carbocycles. The highest BCUT2D eigenvalue weighted by molar-refractivity contribution is 8.19. The van der Waals surface area contributed by atoms with Crippen molar-refractivity contribution in [3.05, 3.63) is 35.4 Å². The van der Waals surface area contributed by atoms with E-state index in [1.807, 2.05) is 35.7 Å². The molecule has 2 aliphatic rings. The second-order valence-electron chi connectivity index (χ2n) is 7.63. The van der Waals surface area contributed by atoms with Crippen LogP contribution in [0.5, 0.6) is 0 Å². The van der Waals surface area contributed by atoms with Crippen molar-refractivity contribution in [3.8, 4) is 0 Å². The Morgan fingerprint density at radius 2 is 1.78 bits per heavy atom. The summed E-state index contributed by atoms with van der Waals surface area (Å²) >= 11 is 3.87. The third-order valence-corrected chi connectivity index (χ3v) is 8.83. The first-order chi connectivity index (χ1) is 13.0. The molecule has 1 N–H and O–H groups in total. The minimum absolute atomic E-state index is 0.170. The third kappa shape index (κ3) is 5.23. The summed E-state index contributed by atoms with van der Waals surface area (Å²) in [7, 11) is 0. The minimum atomic E-state index is -0.789. The van der Waals surface area contributed by atoms with E-state index in [1.165, 1.54) is 23.5 Å². The Labute approximate surface area is 170 Å². The van der Waals surface area contributed by atoms with Crippen molar-refractivity contribution < 1.29 is 14.3 Å². The number of benzene rings is 1. The predicted octanol–water partition coefficient (Wildman–Crippen LogP) is 4.65. The van der Waals surface area contributed by atoms with Crippen LogP contribution in [0.1, 0.15) is 60.5 Å². The summed E-state index contributed by atoms with van der Waals surface area (Å²) in [6.07, 6.45) is 2.55. The fourth-order valence-electron chi connectivity index (χ4n) is 3.70. The molecule has 3 rings (SSSR count). The van der Waals surface area contributed by atoms with Gasteiger partial charge in [0.1, 0.15) is 0 Å². The molecule has 0 aromatic heterocycles. The van der Waals surface area contributed by atoms with E-state index >= 15 is 0 Å². The van der Waals surface area contributed by atoms with Gasteiger partial charge < -0.3 is 10.1 Å². The quantitative estimate of drug-likeness (QED) is 0.720. The van der Waals surface area contributed by atoms with Crippen molar-refractivity contribution in [1.29, 1.82) is 0 Å². The maximum absolute atomic E-state index is 12.5. The molecule has 0 radical (unpaired) electrons. The molecule has 1 saturated heterocycles. The number of hydrogen-bond acceptors (Lipinski definition) is 5. The van der Waals surface area contributed by atoms with E-state index in [0.717, 1.165) is 12.8 Å². The van der Waals surface area contributed by atoms with Gasteiger partial charge in [0, 0.05) is 17.5 Å². The monoisotopic (exact) mass is 407 g/mol. The average molecular weight is 408 g/mol. The molecule has 1 aliphatic carbocycles. The number of amides is 1. The normalized spacial score (nSPS) is 27.1. The lowest BCUT2D eigenvalue weighted by molar-refractivity contribution is -0.130. The number of carbonyl (C=O) groups excluding carboxylic acids is 2. The van der Waals surface area contributed by atoms with Crippen LogP contribution in [0.25, 0.3) is 0 Å². The molecule has 6 heteroatoms. The first-order valence-electron chi connectivity index (χ1n) is 9.80. The molecule has 1 aromatic carbocycles. The molecule has 0 bridgehead atoms. The van der Waals surface area contributed by atoms with Crippen molar-refractivity contribution in [2.75, 3.05) is 11.5 Å². The fraction of sp³-hybridized carbons (Fsp3) is 0.619. The lowest BCUT2D eigenvalue weighted by Gasteiger charge is -2.35. The number of hydrogen-bond donors (Lipinski definition) is 1. The van der Waals surface area contributed by atoms with Crippen LogP contribution in [0.2, 0.25) is 0 Å². The van der Waals surface area contributed by atoms with E-state index in [2.05, 4.69) is 19.2 Å². The second kappa shape index (κ2) is 9.37.